The smallest absolute Gasteiger partial charge is 0.0486 e. The maximum atomic E-state index is 5.92. The molecule has 0 N–H and O–H groups in total. The van der Waals surface area contributed by atoms with E-state index in [0.29, 0.717) is 0 Å². The van der Waals surface area contributed by atoms with Gasteiger partial charge >= 0.3 is 0 Å². The summed E-state index contributed by atoms with van der Waals surface area (Å²) in [6.45, 7) is 0. The summed E-state index contributed by atoms with van der Waals surface area (Å²) in [5.74, 6) is 0. The Morgan fingerprint density at radius 3 is 1.65 bits per heavy atom. The summed E-state index contributed by atoms with van der Waals surface area (Å²) in [6, 6.07) is 15.8. The van der Waals surface area contributed by atoms with Gasteiger partial charge in [-0.15, -0.1) is 23.5 Å². The number of benzene rings is 2. The second-order valence-electron chi connectivity index (χ2n) is 3.32. The first-order chi connectivity index (χ1) is 8.24. The minimum absolute atomic E-state index is 0.780. The molecule has 0 aliphatic heterocycles. The van der Waals surface area contributed by atoms with Gasteiger partial charge in [-0.3, -0.25) is 0 Å². The molecule has 0 saturated carbocycles. The zero-order valence-corrected chi connectivity index (χ0v) is 12.0. The van der Waals surface area contributed by atoms with E-state index in [2.05, 4.69) is 12.1 Å². The molecule has 0 radical (unpaired) electrons. The van der Waals surface area contributed by atoms with Crippen LogP contribution in [-0.4, -0.2) is 5.08 Å². The van der Waals surface area contributed by atoms with Crippen LogP contribution in [0.25, 0.3) is 0 Å². The Labute approximate surface area is 120 Å². The molecule has 0 fully saturated rings. The van der Waals surface area contributed by atoms with Gasteiger partial charge in [0.15, 0.2) is 0 Å². The molecule has 0 aliphatic carbocycles. The van der Waals surface area contributed by atoms with Crippen LogP contribution in [0.5, 0.6) is 0 Å². The predicted molar refractivity (Wildman–Crippen MR) is 79.5 cm³/mol. The third-order valence-corrected chi connectivity index (χ3v) is 4.63. The number of thioether (sulfide) groups is 2. The lowest BCUT2D eigenvalue weighted by Crippen LogP contribution is -1.75. The van der Waals surface area contributed by atoms with Gasteiger partial charge in [-0.25, -0.2) is 0 Å². The highest BCUT2D eigenvalue weighted by atomic mass is 35.5. The minimum atomic E-state index is 0.780. The van der Waals surface area contributed by atoms with Gasteiger partial charge in [-0.2, -0.15) is 0 Å². The molecule has 2 aromatic carbocycles. The van der Waals surface area contributed by atoms with E-state index in [-0.39, 0.29) is 0 Å². The van der Waals surface area contributed by atoms with E-state index < -0.39 is 0 Å². The number of hydrogen-bond donors (Lipinski definition) is 0. The van der Waals surface area contributed by atoms with Crippen LogP contribution in [0, 0.1) is 0 Å². The fourth-order valence-electron chi connectivity index (χ4n) is 1.28. The lowest BCUT2D eigenvalue weighted by atomic mass is 10.4. The molecule has 0 heterocycles. The highest BCUT2D eigenvalue weighted by Gasteiger charge is 1.98. The van der Waals surface area contributed by atoms with Crippen LogP contribution in [0.15, 0.2) is 58.3 Å². The quantitative estimate of drug-likeness (QED) is 0.514. The van der Waals surface area contributed by atoms with Gasteiger partial charge in [0.1, 0.15) is 0 Å². The number of hydrogen-bond acceptors (Lipinski definition) is 2. The van der Waals surface area contributed by atoms with Gasteiger partial charge in [-0.05, 0) is 36.4 Å². The van der Waals surface area contributed by atoms with Crippen molar-refractivity contribution in [1.82, 2.24) is 0 Å². The first-order valence-electron chi connectivity index (χ1n) is 5.01. The van der Waals surface area contributed by atoms with Gasteiger partial charge in [0.05, 0.1) is 0 Å². The average molecular weight is 301 g/mol. The molecular formula is C13H10Cl2S2. The van der Waals surface area contributed by atoms with Crippen molar-refractivity contribution in [3.05, 3.63) is 58.6 Å². The molecule has 17 heavy (non-hydrogen) atoms. The lowest BCUT2D eigenvalue weighted by molar-refractivity contribution is 1.46. The molecule has 0 aromatic heterocycles. The highest BCUT2D eigenvalue weighted by Crippen LogP contribution is 2.29. The summed E-state index contributed by atoms with van der Waals surface area (Å²) in [7, 11) is 0. The largest absolute Gasteiger partial charge is 0.115 e. The van der Waals surface area contributed by atoms with E-state index in [1.165, 1.54) is 9.79 Å². The van der Waals surface area contributed by atoms with Crippen LogP contribution in [-0.2, 0) is 0 Å². The summed E-state index contributed by atoms with van der Waals surface area (Å²) in [4.78, 5) is 2.37. The molecule has 0 aliphatic rings. The molecular weight excluding hydrogens is 291 g/mol. The topological polar surface area (TPSA) is 0 Å². The van der Waals surface area contributed by atoms with Crippen molar-refractivity contribution in [2.75, 3.05) is 5.08 Å². The predicted octanol–water partition coefficient (Wildman–Crippen LogP) is 5.84. The lowest BCUT2D eigenvalue weighted by Gasteiger charge is -2.03. The summed E-state index contributed by atoms with van der Waals surface area (Å²) >= 11 is 15.4. The molecule has 2 rings (SSSR count). The van der Waals surface area contributed by atoms with E-state index in [1.54, 1.807) is 23.5 Å². The Balaban J connectivity index is 1.87. The van der Waals surface area contributed by atoms with Crippen molar-refractivity contribution in [2.24, 2.45) is 0 Å². The zero-order valence-electron chi connectivity index (χ0n) is 8.90. The van der Waals surface area contributed by atoms with Gasteiger partial charge in [0.2, 0.25) is 0 Å². The Hall–Kier alpha value is -0.280. The normalized spacial score (nSPS) is 10.5. The van der Waals surface area contributed by atoms with E-state index in [0.717, 1.165) is 15.1 Å². The second-order valence-corrected chi connectivity index (χ2v) is 6.66. The summed E-state index contributed by atoms with van der Waals surface area (Å²) < 4.78 is 0. The van der Waals surface area contributed by atoms with Crippen molar-refractivity contribution in [3.63, 3.8) is 0 Å². The van der Waals surface area contributed by atoms with Crippen molar-refractivity contribution >= 4 is 46.7 Å². The van der Waals surface area contributed by atoms with Crippen molar-refractivity contribution in [2.45, 2.75) is 9.79 Å². The molecule has 2 aromatic rings. The summed E-state index contributed by atoms with van der Waals surface area (Å²) in [5.41, 5.74) is 0. The molecule has 88 valence electrons. The van der Waals surface area contributed by atoms with Gasteiger partial charge in [0, 0.05) is 24.9 Å². The van der Waals surface area contributed by atoms with Gasteiger partial charge in [0.25, 0.3) is 0 Å². The van der Waals surface area contributed by atoms with Crippen molar-refractivity contribution in [1.29, 1.82) is 0 Å². The second kappa shape index (κ2) is 6.60. The molecule has 0 atom stereocenters. The zero-order chi connectivity index (χ0) is 12.1. The van der Waals surface area contributed by atoms with E-state index in [9.17, 15) is 0 Å². The monoisotopic (exact) mass is 300 g/mol. The SMILES string of the molecule is Clc1cccc(SCSc2cccc(Cl)c2)c1. The first kappa shape index (κ1) is 13.2. The molecule has 0 bridgehead atoms. The third-order valence-electron chi connectivity index (χ3n) is 2.04. The van der Waals surface area contributed by atoms with E-state index in [1.807, 2.05) is 36.4 Å². The van der Waals surface area contributed by atoms with Crippen molar-refractivity contribution < 1.29 is 0 Å². The van der Waals surface area contributed by atoms with E-state index in [4.69, 9.17) is 23.2 Å². The Kier molecular flexibility index (Phi) is 5.11. The van der Waals surface area contributed by atoms with Crippen LogP contribution >= 0.6 is 46.7 Å². The maximum absolute atomic E-state index is 5.92. The minimum Gasteiger partial charge on any atom is -0.115 e. The van der Waals surface area contributed by atoms with Crippen LogP contribution < -0.4 is 0 Å². The van der Waals surface area contributed by atoms with E-state index >= 15 is 0 Å². The number of rotatable bonds is 4. The third kappa shape index (κ3) is 4.47. The Morgan fingerprint density at radius 2 is 1.24 bits per heavy atom. The molecule has 0 nitrogen and oxygen atoms in total. The van der Waals surface area contributed by atoms with Crippen LogP contribution in [0.2, 0.25) is 10.0 Å². The van der Waals surface area contributed by atoms with Gasteiger partial charge in [-0.1, -0.05) is 35.3 Å². The van der Waals surface area contributed by atoms with Crippen LogP contribution in [0.4, 0.5) is 0 Å². The molecule has 0 spiro atoms. The fourth-order valence-corrected chi connectivity index (χ4v) is 3.88. The van der Waals surface area contributed by atoms with Crippen LogP contribution in [0.1, 0.15) is 0 Å². The summed E-state index contributed by atoms with van der Waals surface area (Å²) in [6.07, 6.45) is 0. The maximum Gasteiger partial charge on any atom is 0.0486 e. The molecule has 0 unspecified atom stereocenters. The average Bonchev–Trinajstić information content (AvgIpc) is 2.29. The van der Waals surface area contributed by atoms with Gasteiger partial charge < -0.3 is 0 Å². The summed E-state index contributed by atoms with van der Waals surface area (Å²) in [5, 5.41) is 2.51. The highest BCUT2D eigenvalue weighted by molar-refractivity contribution is 8.16. The molecule has 4 heteroatoms. The van der Waals surface area contributed by atoms with Crippen LogP contribution in [0.3, 0.4) is 0 Å². The Bertz CT molecular complexity index is 455. The standard InChI is InChI=1S/C13H10Cl2S2/c14-10-3-1-5-12(7-10)16-9-17-13-6-2-4-11(15)8-13/h1-8H,9H2. The first-order valence-corrected chi connectivity index (χ1v) is 7.73. The fraction of sp³-hybridized carbons (Fsp3) is 0.0769. The van der Waals surface area contributed by atoms with Crippen molar-refractivity contribution in [3.8, 4) is 0 Å². The number of halogens is 2. The molecule has 0 saturated heterocycles. The Morgan fingerprint density at radius 1 is 0.765 bits per heavy atom. The molecule has 0 amide bonds.